The molecule has 0 amide bonds. The Morgan fingerprint density at radius 3 is 2.77 bits per heavy atom. The van der Waals surface area contributed by atoms with Gasteiger partial charge in [0.15, 0.2) is 11.7 Å². The van der Waals surface area contributed by atoms with E-state index in [0.29, 0.717) is 5.57 Å². The smallest absolute Gasteiger partial charge is 0.334 e. The van der Waals surface area contributed by atoms with E-state index < -0.39 is 22.7 Å². The van der Waals surface area contributed by atoms with E-state index in [1.807, 2.05) is 19.9 Å². The van der Waals surface area contributed by atoms with Crippen molar-refractivity contribution >= 4 is 11.9 Å². The van der Waals surface area contributed by atoms with Gasteiger partial charge in [0.25, 0.3) is 0 Å². The van der Waals surface area contributed by atoms with Crippen molar-refractivity contribution in [3.05, 3.63) is 35.3 Å². The van der Waals surface area contributed by atoms with E-state index in [4.69, 9.17) is 18.6 Å². The molecule has 4 fully saturated rings. The summed E-state index contributed by atoms with van der Waals surface area (Å²) in [6.45, 7) is 5.82. The average molecular weight is 356 g/mol. The minimum absolute atomic E-state index is 0.0203. The lowest BCUT2D eigenvalue weighted by Gasteiger charge is -2.52. The summed E-state index contributed by atoms with van der Waals surface area (Å²) in [5, 5.41) is 0. The molecule has 2 saturated carbocycles. The van der Waals surface area contributed by atoms with Gasteiger partial charge in [0.2, 0.25) is 0 Å². The normalized spacial score (nSPS) is 50.7. The van der Waals surface area contributed by atoms with E-state index in [-0.39, 0.29) is 29.9 Å². The van der Waals surface area contributed by atoms with Crippen LogP contribution in [0.5, 0.6) is 0 Å². The first-order valence-electron chi connectivity index (χ1n) is 9.19. The Morgan fingerprint density at radius 1 is 1.23 bits per heavy atom. The predicted molar refractivity (Wildman–Crippen MR) is 86.7 cm³/mol. The van der Waals surface area contributed by atoms with Crippen LogP contribution in [-0.4, -0.2) is 29.2 Å². The van der Waals surface area contributed by atoms with Crippen molar-refractivity contribution in [3.63, 3.8) is 0 Å². The molecule has 3 aliphatic heterocycles. The van der Waals surface area contributed by atoms with Gasteiger partial charge in [-0.25, -0.2) is 4.79 Å². The molecule has 6 heteroatoms. The van der Waals surface area contributed by atoms with Crippen LogP contribution in [0.2, 0.25) is 0 Å². The highest BCUT2D eigenvalue weighted by atomic mass is 16.7. The molecule has 4 heterocycles. The highest BCUT2D eigenvalue weighted by Gasteiger charge is 2.85. The summed E-state index contributed by atoms with van der Waals surface area (Å²) in [7, 11) is 0. The van der Waals surface area contributed by atoms with Gasteiger partial charge in [-0.3, -0.25) is 4.79 Å². The monoisotopic (exact) mass is 356 g/mol. The number of esters is 2. The van der Waals surface area contributed by atoms with Crippen molar-refractivity contribution in [2.45, 2.75) is 57.0 Å². The third kappa shape index (κ3) is 1.33. The van der Waals surface area contributed by atoms with E-state index >= 15 is 0 Å². The maximum Gasteiger partial charge on any atom is 0.334 e. The Bertz CT molecular complexity index is 899. The number of ether oxygens (including phenoxy) is 3. The maximum atomic E-state index is 12.7. The first-order valence-corrected chi connectivity index (χ1v) is 9.19. The van der Waals surface area contributed by atoms with Gasteiger partial charge in [0, 0.05) is 23.0 Å². The van der Waals surface area contributed by atoms with Gasteiger partial charge in [0.05, 0.1) is 17.9 Å². The van der Waals surface area contributed by atoms with Crippen LogP contribution in [0.25, 0.3) is 0 Å². The first kappa shape index (κ1) is 15.0. The van der Waals surface area contributed by atoms with E-state index in [0.717, 1.165) is 24.0 Å². The number of fused-ring (bicyclic) bond motifs is 1. The number of furan rings is 1. The van der Waals surface area contributed by atoms with Crippen molar-refractivity contribution in [2.75, 3.05) is 0 Å². The van der Waals surface area contributed by atoms with Gasteiger partial charge in [-0.15, -0.1) is 0 Å². The fraction of sp³-hybridized carbons (Fsp3) is 0.600. The molecule has 1 spiro atoms. The predicted octanol–water partition coefficient (Wildman–Crippen LogP) is 2.69. The molecule has 136 valence electrons. The van der Waals surface area contributed by atoms with Gasteiger partial charge in [-0.2, -0.15) is 0 Å². The molecule has 5 aliphatic rings. The average Bonchev–Trinajstić information content (AvgIpc) is 2.99. The lowest BCUT2D eigenvalue weighted by Crippen LogP contribution is -2.60. The molecule has 1 aromatic rings. The standard InChI is InChI=1S/C20H20O6/c1-9-12-11-4-6-18(2)13(19(11,3)26-17(18)22)15-20(12,25-15)14(24-16(9)21)10-5-7-23-8-10/h5,7-8,11,13-15H,4,6H2,1-3H3. The van der Waals surface area contributed by atoms with Crippen LogP contribution in [0.1, 0.15) is 45.3 Å². The molecule has 0 radical (unpaired) electrons. The molecule has 26 heavy (non-hydrogen) atoms. The summed E-state index contributed by atoms with van der Waals surface area (Å²) in [5.74, 6) is -0.523. The number of carbonyl (C=O) groups is 2. The number of hydrogen-bond donors (Lipinski definition) is 0. The molecule has 2 saturated heterocycles. The number of hydrogen-bond acceptors (Lipinski definition) is 6. The zero-order valence-electron chi connectivity index (χ0n) is 14.9. The van der Waals surface area contributed by atoms with Crippen LogP contribution in [-0.2, 0) is 23.8 Å². The Kier molecular flexibility index (Phi) is 2.36. The molecule has 6 nitrogen and oxygen atoms in total. The number of carbonyl (C=O) groups excluding carboxylic acids is 2. The van der Waals surface area contributed by atoms with E-state index in [1.165, 1.54) is 0 Å². The van der Waals surface area contributed by atoms with E-state index in [2.05, 4.69) is 0 Å². The fourth-order valence-corrected chi connectivity index (χ4v) is 6.50. The Balaban J connectivity index is 1.60. The van der Waals surface area contributed by atoms with Crippen LogP contribution in [0.4, 0.5) is 0 Å². The number of rotatable bonds is 1. The molecular weight excluding hydrogens is 336 g/mol. The van der Waals surface area contributed by atoms with E-state index in [1.54, 1.807) is 19.5 Å². The summed E-state index contributed by atoms with van der Waals surface area (Å²) < 4.78 is 23.4. The third-order valence-electron chi connectivity index (χ3n) is 7.66. The fourth-order valence-electron chi connectivity index (χ4n) is 6.50. The molecular formula is C20H20O6. The largest absolute Gasteiger partial charge is 0.472 e. The van der Waals surface area contributed by atoms with Crippen molar-refractivity contribution in [1.82, 2.24) is 0 Å². The summed E-state index contributed by atoms with van der Waals surface area (Å²) in [6.07, 6.45) is 4.01. The summed E-state index contributed by atoms with van der Waals surface area (Å²) >= 11 is 0. The highest BCUT2D eigenvalue weighted by Crippen LogP contribution is 2.75. The van der Waals surface area contributed by atoms with Gasteiger partial charge < -0.3 is 18.6 Å². The Morgan fingerprint density at radius 2 is 2.04 bits per heavy atom. The third-order valence-corrected chi connectivity index (χ3v) is 7.66. The van der Waals surface area contributed by atoms with Crippen LogP contribution in [0.3, 0.4) is 0 Å². The Labute approximate surface area is 150 Å². The van der Waals surface area contributed by atoms with Crippen molar-refractivity contribution in [2.24, 2.45) is 17.3 Å². The number of cyclic esters (lactones) is 1. The topological polar surface area (TPSA) is 78.3 Å². The lowest BCUT2D eigenvalue weighted by molar-refractivity contribution is -0.156. The molecule has 6 rings (SSSR count). The second-order valence-electron chi connectivity index (χ2n) is 8.77. The van der Waals surface area contributed by atoms with Crippen LogP contribution in [0, 0.1) is 17.3 Å². The molecule has 7 unspecified atom stereocenters. The van der Waals surface area contributed by atoms with Crippen LogP contribution in [0.15, 0.2) is 34.2 Å². The second-order valence-corrected chi connectivity index (χ2v) is 8.77. The molecule has 1 aromatic heterocycles. The van der Waals surface area contributed by atoms with Crippen molar-refractivity contribution in [1.29, 1.82) is 0 Å². The first-order chi connectivity index (χ1) is 12.3. The quantitative estimate of drug-likeness (QED) is 0.569. The SMILES string of the molecule is CC1=C2C3CCC4(C)C(=O)OC3(C)C4C3OC23C(c2ccoc2)OC1=O. The summed E-state index contributed by atoms with van der Waals surface area (Å²) in [5.41, 5.74) is 0.516. The maximum absolute atomic E-state index is 12.7. The van der Waals surface area contributed by atoms with Crippen molar-refractivity contribution < 1.29 is 28.2 Å². The second kappa shape index (κ2) is 4.09. The zero-order chi connectivity index (χ0) is 18.1. The van der Waals surface area contributed by atoms with Gasteiger partial charge in [0.1, 0.15) is 11.7 Å². The minimum atomic E-state index is -0.688. The van der Waals surface area contributed by atoms with Crippen molar-refractivity contribution in [3.8, 4) is 0 Å². The zero-order valence-corrected chi connectivity index (χ0v) is 14.9. The van der Waals surface area contributed by atoms with Gasteiger partial charge in [-0.1, -0.05) is 0 Å². The highest BCUT2D eigenvalue weighted by molar-refractivity contribution is 5.92. The lowest BCUT2D eigenvalue weighted by atomic mass is 9.49. The van der Waals surface area contributed by atoms with Gasteiger partial charge in [-0.05, 0) is 45.3 Å². The molecule has 7 atom stereocenters. The molecule has 0 N–H and O–H groups in total. The Hall–Kier alpha value is -2.08. The molecule has 4 bridgehead atoms. The minimum Gasteiger partial charge on any atom is -0.472 e. The number of epoxide rings is 1. The van der Waals surface area contributed by atoms with Crippen LogP contribution < -0.4 is 0 Å². The van der Waals surface area contributed by atoms with Crippen LogP contribution >= 0.6 is 0 Å². The van der Waals surface area contributed by atoms with E-state index in [9.17, 15) is 9.59 Å². The summed E-state index contributed by atoms with van der Waals surface area (Å²) in [6, 6.07) is 1.81. The molecule has 2 aliphatic carbocycles. The molecule has 0 aromatic carbocycles. The summed E-state index contributed by atoms with van der Waals surface area (Å²) in [4.78, 5) is 25.4. The van der Waals surface area contributed by atoms with Gasteiger partial charge >= 0.3 is 11.9 Å².